The fourth-order valence-electron chi connectivity index (χ4n) is 1.62. The molecule has 0 aliphatic heterocycles. The van der Waals surface area contributed by atoms with Gasteiger partial charge < -0.3 is 21.7 Å². The first-order valence-electron chi connectivity index (χ1n) is 5.40. The van der Waals surface area contributed by atoms with Gasteiger partial charge in [0.2, 0.25) is 5.95 Å². The highest BCUT2D eigenvalue weighted by molar-refractivity contribution is 5.40. The van der Waals surface area contributed by atoms with Gasteiger partial charge in [0, 0.05) is 7.05 Å². The molecule has 1 aromatic carbocycles. The topological polar surface area (TPSA) is 123 Å². The minimum Gasteiger partial charge on any atom is -0.504 e. The van der Waals surface area contributed by atoms with Crippen molar-refractivity contribution in [2.75, 3.05) is 5.73 Å². The van der Waals surface area contributed by atoms with Crippen LogP contribution in [-0.4, -0.2) is 25.0 Å². The number of hydrogen-bond acceptors (Lipinski definition) is 6. The Morgan fingerprint density at radius 2 is 2.06 bits per heavy atom. The molecule has 1 heterocycles. The monoisotopic (exact) mass is 249 g/mol. The Labute approximate surface area is 104 Å². The van der Waals surface area contributed by atoms with E-state index in [4.69, 9.17) is 11.5 Å². The summed E-state index contributed by atoms with van der Waals surface area (Å²) >= 11 is 0. The zero-order chi connectivity index (χ0) is 13.3. The van der Waals surface area contributed by atoms with Crippen LogP contribution in [0.4, 0.5) is 5.95 Å². The van der Waals surface area contributed by atoms with Crippen molar-refractivity contribution in [2.45, 2.75) is 12.5 Å². The van der Waals surface area contributed by atoms with Gasteiger partial charge in [-0.2, -0.15) is 10.1 Å². The highest BCUT2D eigenvalue weighted by Crippen LogP contribution is 2.26. The Bertz CT molecular complexity index is 547. The van der Waals surface area contributed by atoms with Crippen LogP contribution >= 0.6 is 0 Å². The van der Waals surface area contributed by atoms with Crippen molar-refractivity contribution in [3.05, 3.63) is 29.6 Å². The van der Waals surface area contributed by atoms with Crippen molar-refractivity contribution in [1.82, 2.24) is 14.8 Å². The fraction of sp³-hybridized carbons (Fsp3) is 0.273. The molecule has 0 fully saturated rings. The van der Waals surface area contributed by atoms with E-state index in [1.807, 2.05) is 0 Å². The third-order valence-corrected chi connectivity index (χ3v) is 2.64. The molecule has 0 saturated carbocycles. The van der Waals surface area contributed by atoms with E-state index in [1.165, 1.54) is 16.8 Å². The van der Waals surface area contributed by atoms with Crippen LogP contribution in [0.3, 0.4) is 0 Å². The van der Waals surface area contributed by atoms with Gasteiger partial charge in [0.1, 0.15) is 0 Å². The van der Waals surface area contributed by atoms with Gasteiger partial charge in [-0.1, -0.05) is 6.07 Å². The summed E-state index contributed by atoms with van der Waals surface area (Å²) in [5.74, 6) is 0.414. The van der Waals surface area contributed by atoms with E-state index >= 15 is 0 Å². The first-order valence-corrected chi connectivity index (χ1v) is 5.40. The Kier molecular flexibility index (Phi) is 3.07. The van der Waals surface area contributed by atoms with Crippen LogP contribution in [0.15, 0.2) is 18.2 Å². The first kappa shape index (κ1) is 12.2. The number of aromatic nitrogens is 3. The summed E-state index contributed by atoms with van der Waals surface area (Å²) in [6, 6.07) is 4.14. The molecule has 0 bridgehead atoms. The maximum absolute atomic E-state index is 9.39. The molecule has 96 valence electrons. The summed E-state index contributed by atoms with van der Waals surface area (Å²) in [5, 5.41) is 22.7. The highest BCUT2D eigenvalue weighted by Gasteiger charge is 2.14. The Balaban J connectivity index is 2.15. The second kappa shape index (κ2) is 4.53. The Hall–Kier alpha value is -2.28. The standard InChI is InChI=1S/C11H15N5O2/c1-16-11(13)14-10(15-16)7(12)4-6-2-3-8(17)9(18)5-6/h2-3,5,7,17-18H,4,12H2,1H3,(H2,13,14,15). The van der Waals surface area contributed by atoms with Crippen molar-refractivity contribution in [3.63, 3.8) is 0 Å². The lowest BCUT2D eigenvalue weighted by atomic mass is 10.1. The van der Waals surface area contributed by atoms with Crippen molar-refractivity contribution >= 4 is 5.95 Å². The number of hydrogen-bond donors (Lipinski definition) is 4. The normalized spacial score (nSPS) is 12.6. The molecule has 2 rings (SSSR count). The van der Waals surface area contributed by atoms with Crippen molar-refractivity contribution in [2.24, 2.45) is 12.8 Å². The van der Waals surface area contributed by atoms with Gasteiger partial charge in [-0.05, 0) is 24.1 Å². The van der Waals surface area contributed by atoms with E-state index in [-0.39, 0.29) is 11.5 Å². The summed E-state index contributed by atoms with van der Waals surface area (Å²) in [6.45, 7) is 0. The van der Waals surface area contributed by atoms with E-state index < -0.39 is 6.04 Å². The molecule has 7 heteroatoms. The molecule has 6 N–H and O–H groups in total. The highest BCUT2D eigenvalue weighted by atomic mass is 16.3. The van der Waals surface area contributed by atoms with Crippen molar-refractivity contribution in [3.8, 4) is 11.5 Å². The predicted octanol–water partition coefficient (Wildman–Crippen LogP) is 0.0510. The third kappa shape index (κ3) is 2.35. The molecule has 7 nitrogen and oxygen atoms in total. The lowest BCUT2D eigenvalue weighted by molar-refractivity contribution is 0.403. The van der Waals surface area contributed by atoms with E-state index in [2.05, 4.69) is 10.1 Å². The van der Waals surface area contributed by atoms with Crippen LogP contribution in [0.5, 0.6) is 11.5 Å². The lowest BCUT2D eigenvalue weighted by Crippen LogP contribution is -2.15. The van der Waals surface area contributed by atoms with Crippen LogP contribution in [0.25, 0.3) is 0 Å². The molecule has 0 spiro atoms. The second-order valence-electron chi connectivity index (χ2n) is 4.09. The lowest BCUT2D eigenvalue weighted by Gasteiger charge is -2.08. The van der Waals surface area contributed by atoms with Crippen LogP contribution in [-0.2, 0) is 13.5 Å². The molecule has 2 aromatic rings. The summed E-state index contributed by atoms with van der Waals surface area (Å²) in [7, 11) is 1.69. The van der Waals surface area contributed by atoms with Gasteiger partial charge in [0.15, 0.2) is 17.3 Å². The summed E-state index contributed by atoms with van der Waals surface area (Å²) in [4.78, 5) is 4.04. The maximum atomic E-state index is 9.39. The van der Waals surface area contributed by atoms with E-state index in [1.54, 1.807) is 13.1 Å². The van der Waals surface area contributed by atoms with Crippen LogP contribution in [0, 0.1) is 0 Å². The van der Waals surface area contributed by atoms with Crippen LogP contribution in [0.1, 0.15) is 17.4 Å². The minimum absolute atomic E-state index is 0.160. The molecule has 1 aromatic heterocycles. The SMILES string of the molecule is Cn1nc(C(N)Cc2ccc(O)c(O)c2)nc1N. The average molecular weight is 249 g/mol. The first-order chi connectivity index (χ1) is 8.47. The molecule has 0 aliphatic rings. The molecule has 0 saturated heterocycles. The van der Waals surface area contributed by atoms with Gasteiger partial charge >= 0.3 is 0 Å². The van der Waals surface area contributed by atoms with Gasteiger partial charge in [-0.25, -0.2) is 4.68 Å². The number of phenolic OH excluding ortho intramolecular Hbond substituents is 2. The summed E-state index contributed by atoms with van der Waals surface area (Å²) in [5.41, 5.74) is 12.3. The Morgan fingerprint density at radius 3 is 2.61 bits per heavy atom. The molecular weight excluding hydrogens is 234 g/mol. The average Bonchev–Trinajstić information content (AvgIpc) is 2.65. The fourth-order valence-corrected chi connectivity index (χ4v) is 1.62. The molecular formula is C11H15N5O2. The van der Waals surface area contributed by atoms with E-state index in [0.717, 1.165) is 5.56 Å². The number of phenols is 2. The number of rotatable bonds is 3. The quantitative estimate of drug-likeness (QED) is 0.570. The number of nitrogen functional groups attached to an aromatic ring is 1. The van der Waals surface area contributed by atoms with Crippen LogP contribution in [0.2, 0.25) is 0 Å². The molecule has 1 unspecified atom stereocenters. The summed E-state index contributed by atoms with van der Waals surface area (Å²) < 4.78 is 1.45. The zero-order valence-electron chi connectivity index (χ0n) is 9.91. The van der Waals surface area contributed by atoms with Gasteiger partial charge in [-0.15, -0.1) is 0 Å². The molecule has 1 atom stereocenters. The summed E-state index contributed by atoms with van der Waals surface area (Å²) in [6.07, 6.45) is 0.442. The van der Waals surface area contributed by atoms with Gasteiger partial charge in [-0.3, -0.25) is 0 Å². The Morgan fingerprint density at radius 1 is 1.33 bits per heavy atom. The zero-order valence-corrected chi connectivity index (χ0v) is 9.91. The number of nitrogens with zero attached hydrogens (tertiary/aromatic N) is 3. The number of anilines is 1. The minimum atomic E-state index is -0.419. The van der Waals surface area contributed by atoms with E-state index in [0.29, 0.717) is 18.2 Å². The van der Waals surface area contributed by atoms with Gasteiger partial charge in [0.25, 0.3) is 0 Å². The van der Waals surface area contributed by atoms with Crippen LogP contribution < -0.4 is 11.5 Å². The molecule has 18 heavy (non-hydrogen) atoms. The molecule has 0 amide bonds. The number of aryl methyl sites for hydroxylation is 1. The van der Waals surface area contributed by atoms with E-state index in [9.17, 15) is 10.2 Å². The predicted molar refractivity (Wildman–Crippen MR) is 65.8 cm³/mol. The number of nitrogens with two attached hydrogens (primary N) is 2. The van der Waals surface area contributed by atoms with Gasteiger partial charge in [0.05, 0.1) is 6.04 Å². The maximum Gasteiger partial charge on any atom is 0.218 e. The smallest absolute Gasteiger partial charge is 0.218 e. The number of benzene rings is 1. The number of aromatic hydroxyl groups is 2. The van der Waals surface area contributed by atoms with Crippen molar-refractivity contribution in [1.29, 1.82) is 0 Å². The van der Waals surface area contributed by atoms with Crippen molar-refractivity contribution < 1.29 is 10.2 Å². The second-order valence-corrected chi connectivity index (χ2v) is 4.09. The third-order valence-electron chi connectivity index (χ3n) is 2.64. The largest absolute Gasteiger partial charge is 0.504 e. The molecule has 0 aliphatic carbocycles. The molecule has 0 radical (unpaired) electrons.